The molecule has 2 aliphatic heterocycles. The minimum absolute atomic E-state index is 0.0878. The molecule has 1 aromatic rings. The highest BCUT2D eigenvalue weighted by atomic mass is 32.2. The van der Waals surface area contributed by atoms with Gasteiger partial charge in [0.05, 0.1) is 6.04 Å². The van der Waals surface area contributed by atoms with Crippen LogP contribution in [-0.2, 0) is 19.2 Å². The highest BCUT2D eigenvalue weighted by Gasteiger charge is 2.31. The van der Waals surface area contributed by atoms with Crippen LogP contribution in [0.25, 0.3) is 0 Å². The standard InChI is InChI=1S/C15H20N2OS.2C4H4O4/c1-16-7-9-17(10-8-16)13-6-11-19-14-5-3-2-4-12(14)15(13)18;2*5-3(6)1-2-4(7)8/h2-5,13H,6-11H2,1H3;2*1-2H,(H,5,6)(H,7,8)/b;2*2-1-. The lowest BCUT2D eigenvalue weighted by atomic mass is 10.00. The first-order valence-electron chi connectivity index (χ1n) is 10.5. The minimum atomic E-state index is -1.26. The SMILES string of the molecule is CN1CCN(C2CCSc3ccccc3C2=O)CC1.O=C(O)/C=C\C(=O)O.O=C(O)/C=C\C(=O)O. The number of thioether (sulfide) groups is 1. The van der Waals surface area contributed by atoms with Gasteiger partial charge in [-0.3, -0.25) is 9.69 Å². The van der Waals surface area contributed by atoms with Crippen LogP contribution in [0.15, 0.2) is 53.5 Å². The van der Waals surface area contributed by atoms with Gasteiger partial charge in [-0.1, -0.05) is 18.2 Å². The number of hydrogen-bond acceptors (Lipinski definition) is 8. The first-order valence-corrected chi connectivity index (χ1v) is 11.5. The van der Waals surface area contributed by atoms with Crippen LogP contribution in [0.1, 0.15) is 16.8 Å². The van der Waals surface area contributed by atoms with E-state index in [2.05, 4.69) is 22.9 Å². The summed E-state index contributed by atoms with van der Waals surface area (Å²) >= 11 is 1.82. The lowest BCUT2D eigenvalue weighted by molar-refractivity contribution is -0.134. The number of fused-ring (bicyclic) bond motifs is 1. The second-order valence-corrected chi connectivity index (χ2v) is 8.51. The largest absolute Gasteiger partial charge is 0.478 e. The summed E-state index contributed by atoms with van der Waals surface area (Å²) in [6, 6.07) is 8.15. The number of aliphatic carboxylic acids is 4. The minimum Gasteiger partial charge on any atom is -0.478 e. The van der Waals surface area contributed by atoms with Gasteiger partial charge in [-0.25, -0.2) is 19.2 Å². The zero-order valence-corrected chi connectivity index (χ0v) is 19.9. The van der Waals surface area contributed by atoms with E-state index in [9.17, 15) is 24.0 Å². The summed E-state index contributed by atoms with van der Waals surface area (Å²) in [6.45, 7) is 4.16. The van der Waals surface area contributed by atoms with E-state index in [0.29, 0.717) is 30.1 Å². The molecule has 0 aromatic heterocycles. The Hall–Kier alpha value is -3.48. The van der Waals surface area contributed by atoms with Gasteiger partial charge in [0.2, 0.25) is 0 Å². The third-order valence-corrected chi connectivity index (χ3v) is 5.93. The molecule has 0 aliphatic carbocycles. The number of Topliss-reactive ketones (excluding diaryl/α,β-unsaturated/α-hetero) is 1. The van der Waals surface area contributed by atoms with Crippen molar-refractivity contribution in [2.45, 2.75) is 17.4 Å². The summed E-state index contributed by atoms with van der Waals surface area (Å²) in [5, 5.41) is 31.2. The number of benzene rings is 1. The second-order valence-electron chi connectivity index (χ2n) is 7.37. The Morgan fingerprint density at radius 2 is 1.29 bits per heavy atom. The molecule has 0 bridgehead atoms. The van der Waals surface area contributed by atoms with E-state index in [0.717, 1.165) is 48.8 Å². The summed E-state index contributed by atoms with van der Waals surface area (Å²) in [4.78, 5) is 56.8. The number of hydrogen-bond donors (Lipinski definition) is 4. The zero-order valence-electron chi connectivity index (χ0n) is 19.1. The van der Waals surface area contributed by atoms with Crippen molar-refractivity contribution < 1.29 is 44.4 Å². The number of rotatable bonds is 5. The Morgan fingerprint density at radius 3 is 1.74 bits per heavy atom. The fourth-order valence-electron chi connectivity index (χ4n) is 3.15. The van der Waals surface area contributed by atoms with Crippen molar-refractivity contribution >= 4 is 41.4 Å². The maximum atomic E-state index is 12.7. The van der Waals surface area contributed by atoms with Crippen molar-refractivity contribution in [2.75, 3.05) is 39.0 Å². The molecule has 190 valence electrons. The first-order chi connectivity index (χ1) is 16.5. The molecule has 1 saturated heterocycles. The lowest BCUT2D eigenvalue weighted by Crippen LogP contribution is -2.51. The van der Waals surface area contributed by atoms with Gasteiger partial charge >= 0.3 is 23.9 Å². The molecule has 2 heterocycles. The van der Waals surface area contributed by atoms with Crippen molar-refractivity contribution in [2.24, 2.45) is 0 Å². The number of ketones is 1. The molecule has 1 fully saturated rings. The van der Waals surface area contributed by atoms with Gasteiger partial charge < -0.3 is 25.3 Å². The molecule has 2 aliphatic rings. The monoisotopic (exact) mass is 508 g/mol. The lowest BCUT2D eigenvalue weighted by Gasteiger charge is -2.36. The molecule has 4 N–H and O–H groups in total. The normalized spacial score (nSPS) is 18.4. The Bertz CT molecular complexity index is 903. The summed E-state index contributed by atoms with van der Waals surface area (Å²) < 4.78 is 0. The van der Waals surface area contributed by atoms with Crippen molar-refractivity contribution in [3.8, 4) is 0 Å². The van der Waals surface area contributed by atoms with Crippen LogP contribution in [0.5, 0.6) is 0 Å². The third kappa shape index (κ3) is 12.0. The Balaban J connectivity index is 0.000000320. The number of nitrogens with zero attached hydrogens (tertiary/aromatic N) is 2. The zero-order chi connectivity index (χ0) is 26.4. The summed E-state index contributed by atoms with van der Waals surface area (Å²) in [5.74, 6) is -3.66. The van der Waals surface area contributed by atoms with Crippen molar-refractivity contribution in [1.29, 1.82) is 0 Å². The van der Waals surface area contributed by atoms with Gasteiger partial charge in [0, 0.05) is 60.9 Å². The molecule has 12 heteroatoms. The molecule has 0 amide bonds. The van der Waals surface area contributed by atoms with Gasteiger partial charge in [-0.15, -0.1) is 11.8 Å². The van der Waals surface area contributed by atoms with E-state index < -0.39 is 23.9 Å². The van der Waals surface area contributed by atoms with Gasteiger partial charge in [-0.05, 0) is 25.3 Å². The Labute approximate surface area is 206 Å². The number of likely N-dealkylation sites (N-methyl/N-ethyl adjacent to an activating group) is 1. The van der Waals surface area contributed by atoms with Gasteiger partial charge in [-0.2, -0.15) is 0 Å². The predicted molar refractivity (Wildman–Crippen MR) is 128 cm³/mol. The fraction of sp³-hybridized carbons (Fsp3) is 0.348. The van der Waals surface area contributed by atoms with Crippen LogP contribution in [0.2, 0.25) is 0 Å². The van der Waals surface area contributed by atoms with E-state index in [-0.39, 0.29) is 6.04 Å². The summed E-state index contributed by atoms with van der Waals surface area (Å²) in [6.07, 6.45) is 3.21. The molecule has 11 nitrogen and oxygen atoms in total. The van der Waals surface area contributed by atoms with Gasteiger partial charge in [0.25, 0.3) is 0 Å². The van der Waals surface area contributed by atoms with Crippen LogP contribution < -0.4 is 0 Å². The van der Waals surface area contributed by atoms with Crippen LogP contribution in [-0.4, -0.2) is 105 Å². The maximum Gasteiger partial charge on any atom is 0.328 e. The molecule has 0 radical (unpaired) electrons. The molecule has 3 rings (SSSR count). The molecule has 0 spiro atoms. The maximum absolute atomic E-state index is 12.7. The average molecular weight is 509 g/mol. The van der Waals surface area contributed by atoms with Crippen molar-refractivity contribution in [1.82, 2.24) is 9.80 Å². The Morgan fingerprint density at radius 1 is 0.829 bits per heavy atom. The van der Waals surface area contributed by atoms with E-state index in [1.165, 1.54) is 0 Å². The first kappa shape index (κ1) is 29.6. The molecular weight excluding hydrogens is 480 g/mol. The molecule has 1 unspecified atom stereocenters. The Kier molecular flexibility index (Phi) is 13.0. The van der Waals surface area contributed by atoms with Crippen LogP contribution >= 0.6 is 11.8 Å². The molecule has 1 aromatic carbocycles. The van der Waals surface area contributed by atoms with Crippen LogP contribution in [0.4, 0.5) is 0 Å². The average Bonchev–Trinajstić information content (AvgIpc) is 2.97. The molecule has 35 heavy (non-hydrogen) atoms. The highest BCUT2D eigenvalue weighted by Crippen LogP contribution is 2.30. The van der Waals surface area contributed by atoms with E-state index in [1.54, 1.807) is 0 Å². The van der Waals surface area contributed by atoms with Crippen LogP contribution in [0, 0.1) is 0 Å². The number of piperazine rings is 1. The smallest absolute Gasteiger partial charge is 0.328 e. The van der Waals surface area contributed by atoms with Gasteiger partial charge in [0.1, 0.15) is 0 Å². The highest BCUT2D eigenvalue weighted by molar-refractivity contribution is 7.99. The van der Waals surface area contributed by atoms with E-state index in [1.807, 2.05) is 30.0 Å². The van der Waals surface area contributed by atoms with Crippen molar-refractivity contribution in [3.63, 3.8) is 0 Å². The number of carbonyl (C=O) groups excluding carboxylic acids is 1. The van der Waals surface area contributed by atoms with E-state index >= 15 is 0 Å². The number of carboxylic acid groups (broad SMARTS) is 4. The van der Waals surface area contributed by atoms with E-state index in [4.69, 9.17) is 20.4 Å². The van der Waals surface area contributed by atoms with Crippen LogP contribution in [0.3, 0.4) is 0 Å². The van der Waals surface area contributed by atoms with Gasteiger partial charge in [0.15, 0.2) is 5.78 Å². The molecule has 1 atom stereocenters. The molecular formula is C23H28N2O9S. The second kappa shape index (κ2) is 15.4. The molecule has 0 saturated carbocycles. The third-order valence-electron chi connectivity index (χ3n) is 4.82. The number of carbonyl (C=O) groups is 5. The number of carboxylic acids is 4. The topological polar surface area (TPSA) is 173 Å². The quantitative estimate of drug-likeness (QED) is 0.422. The summed E-state index contributed by atoms with van der Waals surface area (Å²) in [5.41, 5.74) is 0.925. The van der Waals surface area contributed by atoms with Crippen molar-refractivity contribution in [3.05, 3.63) is 54.1 Å². The fourth-order valence-corrected chi connectivity index (χ4v) is 4.21. The predicted octanol–water partition coefficient (Wildman–Crippen LogP) is 1.40. The summed E-state index contributed by atoms with van der Waals surface area (Å²) in [7, 11) is 2.15.